The normalized spacial score (nSPS) is 15.2. The average Bonchev–Trinajstić information content (AvgIpc) is 2.02. The summed E-state index contributed by atoms with van der Waals surface area (Å²) in [4.78, 5) is 21.5. The Balaban J connectivity index is 3.95. The Kier molecular flexibility index (Phi) is 4.51. The number of aliphatic carboxylic acids is 1. The van der Waals surface area contributed by atoms with Crippen LogP contribution in [-0.4, -0.2) is 23.4 Å². The molecule has 1 unspecified atom stereocenters. The van der Waals surface area contributed by atoms with Gasteiger partial charge in [-0.25, -0.2) is 0 Å². The number of carbonyl (C=O) groups excluding carboxylic acids is 1. The Morgan fingerprint density at radius 1 is 1.42 bits per heavy atom. The third kappa shape index (κ3) is 3.48. The molecule has 0 radical (unpaired) electrons. The highest BCUT2D eigenvalue weighted by atomic mass is 16.4. The molecule has 4 nitrogen and oxygen atoms in total. The SMILES string of the molecule is CC(CN)CC(=O)[C@H](C)C(=O)O. The van der Waals surface area contributed by atoms with Crippen LogP contribution >= 0.6 is 0 Å². The number of carboxylic acids is 1. The van der Waals surface area contributed by atoms with Gasteiger partial charge in [0.1, 0.15) is 11.7 Å². The van der Waals surface area contributed by atoms with Gasteiger partial charge in [-0.05, 0) is 19.4 Å². The number of rotatable bonds is 5. The van der Waals surface area contributed by atoms with Crippen molar-refractivity contribution in [2.75, 3.05) is 6.54 Å². The van der Waals surface area contributed by atoms with Crippen LogP contribution < -0.4 is 5.73 Å². The summed E-state index contributed by atoms with van der Waals surface area (Å²) < 4.78 is 0. The minimum absolute atomic E-state index is 0.0688. The minimum atomic E-state index is -1.07. The first kappa shape index (κ1) is 11.1. The molecule has 0 bridgehead atoms. The van der Waals surface area contributed by atoms with Crippen molar-refractivity contribution in [2.45, 2.75) is 20.3 Å². The zero-order valence-electron chi connectivity index (χ0n) is 7.41. The number of carboxylic acid groups (broad SMARTS) is 1. The molecule has 0 aliphatic carbocycles. The van der Waals surface area contributed by atoms with Gasteiger partial charge in [-0.2, -0.15) is 0 Å². The molecule has 0 aliphatic rings. The fourth-order valence-corrected chi connectivity index (χ4v) is 0.741. The second-order valence-corrected chi connectivity index (χ2v) is 3.07. The van der Waals surface area contributed by atoms with Crippen molar-refractivity contribution >= 4 is 11.8 Å². The molecule has 0 saturated heterocycles. The van der Waals surface area contributed by atoms with Gasteiger partial charge in [0.15, 0.2) is 0 Å². The number of carbonyl (C=O) groups is 2. The summed E-state index contributed by atoms with van der Waals surface area (Å²) >= 11 is 0. The molecule has 0 amide bonds. The fraction of sp³-hybridized carbons (Fsp3) is 0.750. The highest BCUT2D eigenvalue weighted by Crippen LogP contribution is 2.07. The van der Waals surface area contributed by atoms with E-state index < -0.39 is 11.9 Å². The molecule has 0 fully saturated rings. The lowest BCUT2D eigenvalue weighted by molar-refractivity contribution is -0.145. The van der Waals surface area contributed by atoms with E-state index in [1.807, 2.05) is 6.92 Å². The van der Waals surface area contributed by atoms with Gasteiger partial charge in [0.25, 0.3) is 0 Å². The zero-order chi connectivity index (χ0) is 9.72. The van der Waals surface area contributed by atoms with Crippen LogP contribution in [0.4, 0.5) is 0 Å². The van der Waals surface area contributed by atoms with E-state index in [1.165, 1.54) is 6.92 Å². The molecule has 0 aromatic heterocycles. The lowest BCUT2D eigenvalue weighted by Crippen LogP contribution is -2.24. The third-order valence-corrected chi connectivity index (χ3v) is 1.81. The van der Waals surface area contributed by atoms with Crippen molar-refractivity contribution in [1.29, 1.82) is 0 Å². The maximum absolute atomic E-state index is 11.1. The van der Waals surface area contributed by atoms with Crippen LogP contribution in [0.2, 0.25) is 0 Å². The Labute approximate surface area is 71.8 Å². The molecule has 0 aromatic carbocycles. The van der Waals surface area contributed by atoms with E-state index in [9.17, 15) is 9.59 Å². The summed E-state index contributed by atoms with van der Waals surface area (Å²) in [6.45, 7) is 3.64. The van der Waals surface area contributed by atoms with Crippen molar-refractivity contribution < 1.29 is 14.7 Å². The van der Waals surface area contributed by atoms with E-state index in [0.717, 1.165) is 0 Å². The van der Waals surface area contributed by atoms with Crippen LogP contribution in [0.5, 0.6) is 0 Å². The molecule has 0 heterocycles. The molecule has 3 N–H and O–H groups in total. The van der Waals surface area contributed by atoms with Crippen LogP contribution in [0.25, 0.3) is 0 Å². The summed E-state index contributed by atoms with van der Waals surface area (Å²) in [5, 5.41) is 8.49. The Morgan fingerprint density at radius 3 is 2.25 bits per heavy atom. The fourth-order valence-electron chi connectivity index (χ4n) is 0.741. The highest BCUT2D eigenvalue weighted by Gasteiger charge is 2.21. The number of hydrogen-bond donors (Lipinski definition) is 2. The van der Waals surface area contributed by atoms with E-state index in [1.54, 1.807) is 0 Å². The van der Waals surface area contributed by atoms with Gasteiger partial charge in [0, 0.05) is 6.42 Å². The average molecular weight is 173 g/mol. The van der Waals surface area contributed by atoms with Gasteiger partial charge in [-0.3, -0.25) is 9.59 Å². The molecule has 0 aliphatic heterocycles. The molecule has 0 saturated carbocycles. The van der Waals surface area contributed by atoms with Gasteiger partial charge >= 0.3 is 5.97 Å². The van der Waals surface area contributed by atoms with E-state index in [0.29, 0.717) is 6.54 Å². The van der Waals surface area contributed by atoms with Gasteiger partial charge in [0.2, 0.25) is 0 Å². The Hall–Kier alpha value is -0.900. The first-order valence-corrected chi connectivity index (χ1v) is 3.94. The monoisotopic (exact) mass is 173 g/mol. The maximum Gasteiger partial charge on any atom is 0.313 e. The largest absolute Gasteiger partial charge is 0.481 e. The van der Waals surface area contributed by atoms with E-state index in [2.05, 4.69) is 0 Å². The summed E-state index contributed by atoms with van der Waals surface area (Å²) in [5.74, 6) is -2.15. The third-order valence-electron chi connectivity index (χ3n) is 1.81. The lowest BCUT2D eigenvalue weighted by atomic mass is 9.97. The molecular weight excluding hydrogens is 158 g/mol. The van der Waals surface area contributed by atoms with Crippen LogP contribution in [0.3, 0.4) is 0 Å². The van der Waals surface area contributed by atoms with Crippen molar-refractivity contribution in [3.05, 3.63) is 0 Å². The predicted octanol–water partition coefficient (Wildman–Crippen LogP) is 0.261. The first-order chi connectivity index (χ1) is 5.49. The number of nitrogens with two attached hydrogens (primary N) is 1. The van der Waals surface area contributed by atoms with Gasteiger partial charge in [-0.1, -0.05) is 6.92 Å². The zero-order valence-corrected chi connectivity index (χ0v) is 7.41. The van der Waals surface area contributed by atoms with Gasteiger partial charge in [-0.15, -0.1) is 0 Å². The van der Waals surface area contributed by atoms with E-state index in [-0.39, 0.29) is 18.1 Å². The van der Waals surface area contributed by atoms with E-state index >= 15 is 0 Å². The summed E-state index contributed by atoms with van der Waals surface area (Å²) in [5.41, 5.74) is 5.30. The van der Waals surface area contributed by atoms with Crippen molar-refractivity contribution in [3.63, 3.8) is 0 Å². The molecule has 70 valence electrons. The maximum atomic E-state index is 11.1. The quantitative estimate of drug-likeness (QED) is 0.584. The van der Waals surface area contributed by atoms with Crippen LogP contribution in [0, 0.1) is 11.8 Å². The van der Waals surface area contributed by atoms with Crippen LogP contribution in [0.15, 0.2) is 0 Å². The van der Waals surface area contributed by atoms with Crippen molar-refractivity contribution in [1.82, 2.24) is 0 Å². The molecule has 2 atom stereocenters. The Morgan fingerprint density at radius 2 is 1.92 bits per heavy atom. The molecule has 12 heavy (non-hydrogen) atoms. The summed E-state index contributed by atoms with van der Waals surface area (Å²) in [7, 11) is 0. The summed E-state index contributed by atoms with van der Waals surface area (Å²) in [6.07, 6.45) is 0.254. The molecule has 0 spiro atoms. The molecular formula is C8H15NO3. The second kappa shape index (κ2) is 4.87. The number of hydrogen-bond acceptors (Lipinski definition) is 3. The topological polar surface area (TPSA) is 80.4 Å². The smallest absolute Gasteiger partial charge is 0.313 e. The van der Waals surface area contributed by atoms with Crippen molar-refractivity contribution in [2.24, 2.45) is 17.6 Å². The minimum Gasteiger partial charge on any atom is -0.481 e. The second-order valence-electron chi connectivity index (χ2n) is 3.07. The number of ketones is 1. The molecule has 0 rings (SSSR count). The van der Waals surface area contributed by atoms with E-state index in [4.69, 9.17) is 10.8 Å². The molecule has 4 heteroatoms. The molecule has 0 aromatic rings. The van der Waals surface area contributed by atoms with Gasteiger partial charge < -0.3 is 10.8 Å². The number of Topliss-reactive ketones (excluding diaryl/α,β-unsaturated/α-hetero) is 1. The highest BCUT2D eigenvalue weighted by molar-refractivity contribution is 5.97. The standard InChI is InChI=1S/C8H15NO3/c1-5(4-9)3-7(10)6(2)8(11)12/h5-6H,3-4,9H2,1-2H3,(H,11,12)/t5?,6-/m0/s1. The summed E-state index contributed by atoms with van der Waals surface area (Å²) in [6, 6.07) is 0. The van der Waals surface area contributed by atoms with Crippen molar-refractivity contribution in [3.8, 4) is 0 Å². The predicted molar refractivity (Wildman–Crippen MR) is 44.6 cm³/mol. The lowest BCUT2D eigenvalue weighted by Gasteiger charge is -2.09. The Bertz CT molecular complexity index is 179. The van der Waals surface area contributed by atoms with Crippen LogP contribution in [0.1, 0.15) is 20.3 Å². The first-order valence-electron chi connectivity index (χ1n) is 3.94. The van der Waals surface area contributed by atoms with Gasteiger partial charge in [0.05, 0.1) is 0 Å². The van der Waals surface area contributed by atoms with Crippen LogP contribution in [-0.2, 0) is 9.59 Å².